The van der Waals surface area contributed by atoms with E-state index >= 15 is 0 Å². The highest BCUT2D eigenvalue weighted by atomic mass is 33.1. The lowest BCUT2D eigenvalue weighted by Crippen LogP contribution is -2.49. The Morgan fingerprint density at radius 3 is 2.75 bits per heavy atom. The molecule has 8 nitrogen and oxygen atoms in total. The smallest absolute Gasteiger partial charge is 0.163 e. The minimum atomic E-state index is -0.308. The van der Waals surface area contributed by atoms with Crippen LogP contribution in [-0.4, -0.2) is 59.2 Å². The van der Waals surface area contributed by atoms with Gasteiger partial charge in [-0.15, -0.1) is 0 Å². The topological polar surface area (TPSA) is 104 Å². The summed E-state index contributed by atoms with van der Waals surface area (Å²) in [7, 11) is 5.36. The van der Waals surface area contributed by atoms with Crippen molar-refractivity contribution in [2.24, 2.45) is 11.8 Å². The van der Waals surface area contributed by atoms with E-state index in [2.05, 4.69) is 65.1 Å². The first-order valence-electron chi connectivity index (χ1n) is 16.7. The fourth-order valence-corrected chi connectivity index (χ4v) is 10.7. The van der Waals surface area contributed by atoms with Crippen LogP contribution in [0.3, 0.4) is 0 Å². The van der Waals surface area contributed by atoms with Crippen LogP contribution in [0.1, 0.15) is 60.4 Å². The third-order valence-electron chi connectivity index (χ3n) is 9.61. The van der Waals surface area contributed by atoms with E-state index in [0.29, 0.717) is 24.5 Å². The molecule has 3 atom stereocenters. The van der Waals surface area contributed by atoms with E-state index in [1.807, 2.05) is 34.0 Å². The highest BCUT2D eigenvalue weighted by molar-refractivity contribution is 8.77. The number of ether oxygens (including phenoxy) is 1. The number of aromatic hydroxyl groups is 1. The number of rotatable bonds is 6. The van der Waals surface area contributed by atoms with Gasteiger partial charge in [0.2, 0.25) is 0 Å². The van der Waals surface area contributed by atoms with E-state index < -0.39 is 0 Å². The number of nitrogens with one attached hydrogen (secondary N) is 2. The summed E-state index contributed by atoms with van der Waals surface area (Å²) in [5.41, 5.74) is 5.08. The zero-order valence-electron chi connectivity index (χ0n) is 27.6. The Morgan fingerprint density at radius 1 is 1.12 bits per heavy atom. The number of allylic oxidation sites excluding steroid dienone is 1. The normalized spacial score (nSPS) is 23.1. The van der Waals surface area contributed by atoms with Crippen molar-refractivity contribution in [3.63, 3.8) is 0 Å². The fourth-order valence-electron chi connectivity index (χ4n) is 6.80. The van der Waals surface area contributed by atoms with Crippen molar-refractivity contribution < 1.29 is 19.4 Å². The van der Waals surface area contributed by atoms with Crippen molar-refractivity contribution >= 4 is 45.0 Å². The van der Waals surface area contributed by atoms with Crippen molar-refractivity contribution in [3.8, 4) is 11.5 Å². The Labute approximate surface area is 291 Å². The summed E-state index contributed by atoms with van der Waals surface area (Å²) in [6, 6.07) is 16.5. The maximum Gasteiger partial charge on any atom is 0.163 e. The lowest BCUT2D eigenvalue weighted by Gasteiger charge is -2.46. The van der Waals surface area contributed by atoms with Crippen LogP contribution in [0.2, 0.25) is 0 Å². The van der Waals surface area contributed by atoms with E-state index in [-0.39, 0.29) is 34.4 Å². The van der Waals surface area contributed by atoms with Crippen molar-refractivity contribution in [2.75, 3.05) is 37.9 Å². The molecule has 1 aromatic heterocycles. The van der Waals surface area contributed by atoms with Crippen LogP contribution >= 0.6 is 21.6 Å². The predicted molar refractivity (Wildman–Crippen MR) is 196 cm³/mol. The molecule has 3 aliphatic heterocycles. The summed E-state index contributed by atoms with van der Waals surface area (Å²) < 4.78 is 5.10. The summed E-state index contributed by atoms with van der Waals surface area (Å²) in [5, 5.41) is 17.8. The largest absolute Gasteiger partial charge is 0.504 e. The van der Waals surface area contributed by atoms with Crippen molar-refractivity contribution in [1.82, 2.24) is 15.2 Å². The van der Waals surface area contributed by atoms with Crippen LogP contribution in [0.4, 0.5) is 5.82 Å². The third kappa shape index (κ3) is 7.87. The average Bonchev–Trinajstić information content (AvgIpc) is 3.60. The molecule has 3 N–H and O–H groups in total. The summed E-state index contributed by atoms with van der Waals surface area (Å²) in [6.45, 7) is 4.54. The molecule has 3 aromatic rings. The highest BCUT2D eigenvalue weighted by Gasteiger charge is 2.47. The molecule has 4 heterocycles. The maximum absolute atomic E-state index is 12.9. The lowest BCUT2D eigenvalue weighted by atomic mass is 9.78. The first-order chi connectivity index (χ1) is 23.4. The van der Waals surface area contributed by atoms with Crippen molar-refractivity contribution in [2.45, 2.75) is 50.2 Å². The molecule has 0 amide bonds. The Hall–Kier alpha value is -3.89. The number of Topliss-reactive ketones (excluding diaryl/α,β-unsaturated/α-hetero) is 1. The molecule has 252 valence electrons. The van der Waals surface area contributed by atoms with Crippen LogP contribution in [0, 0.1) is 11.8 Å². The molecule has 0 saturated carbocycles. The summed E-state index contributed by atoms with van der Waals surface area (Å²) in [6.07, 6.45) is 12.7. The second-order valence-electron chi connectivity index (χ2n) is 12.9. The minimum Gasteiger partial charge on any atom is -0.504 e. The number of carbonyl (C=O) groups is 2. The van der Waals surface area contributed by atoms with Gasteiger partial charge in [0.05, 0.1) is 24.9 Å². The molecule has 3 unspecified atom stereocenters. The van der Waals surface area contributed by atoms with Gasteiger partial charge in [-0.3, -0.25) is 9.59 Å². The van der Waals surface area contributed by atoms with E-state index in [9.17, 15) is 14.7 Å². The number of phenolic OH excluding ortho intramolecular Hbond substituents is 1. The van der Waals surface area contributed by atoms with Crippen LogP contribution < -0.4 is 15.4 Å². The van der Waals surface area contributed by atoms with Gasteiger partial charge in [-0.1, -0.05) is 71.3 Å². The number of ketones is 2. The van der Waals surface area contributed by atoms with Crippen LogP contribution in [0.15, 0.2) is 73.2 Å². The minimum absolute atomic E-state index is 0.0258. The molecule has 0 fully saturated rings. The van der Waals surface area contributed by atoms with Gasteiger partial charge in [0.1, 0.15) is 11.6 Å². The molecule has 6 rings (SSSR count). The Bertz CT molecular complexity index is 1680. The number of benzene rings is 2. The number of aromatic nitrogens is 1. The Kier molecular flexibility index (Phi) is 11.0. The average molecular weight is 685 g/mol. The summed E-state index contributed by atoms with van der Waals surface area (Å²) in [5.74, 6) is 2.56. The van der Waals surface area contributed by atoms with Gasteiger partial charge in [0.15, 0.2) is 17.3 Å². The number of hydrogen-bond acceptors (Lipinski definition) is 10. The molecule has 2 aromatic carbocycles. The second-order valence-corrected chi connectivity index (χ2v) is 15.6. The molecule has 48 heavy (non-hydrogen) atoms. The number of methoxy groups -OCH3 is 1. The van der Waals surface area contributed by atoms with Crippen molar-refractivity contribution in [3.05, 3.63) is 101 Å². The monoisotopic (exact) mass is 684 g/mol. The molecule has 3 aliphatic rings. The van der Waals surface area contributed by atoms with Gasteiger partial charge < -0.3 is 25.4 Å². The maximum atomic E-state index is 12.9. The predicted octanol–water partition coefficient (Wildman–Crippen LogP) is 6.94. The zero-order valence-corrected chi connectivity index (χ0v) is 29.2. The third-order valence-corrected chi connectivity index (χ3v) is 13.0. The number of anilines is 1. The van der Waals surface area contributed by atoms with E-state index in [1.54, 1.807) is 18.2 Å². The van der Waals surface area contributed by atoms with Gasteiger partial charge >= 0.3 is 0 Å². The number of nitrogens with zero attached hydrogens (tertiary/aromatic N) is 2. The first kappa shape index (κ1) is 34.0. The van der Waals surface area contributed by atoms with Gasteiger partial charge in [0, 0.05) is 55.3 Å². The Balaban J connectivity index is 1.47. The van der Waals surface area contributed by atoms with Gasteiger partial charge in [-0.25, -0.2) is 4.98 Å². The number of pyridine rings is 1. The first-order valence-corrected chi connectivity index (χ1v) is 19.0. The van der Waals surface area contributed by atoms with E-state index in [4.69, 9.17) is 9.72 Å². The molecule has 10 heteroatoms. The van der Waals surface area contributed by atoms with E-state index in [0.717, 1.165) is 67.3 Å². The molecular weight excluding hydrogens is 641 g/mol. The summed E-state index contributed by atoms with van der Waals surface area (Å²) in [4.78, 5) is 33.1. The number of phenols is 1. The van der Waals surface area contributed by atoms with E-state index in [1.165, 1.54) is 24.3 Å². The van der Waals surface area contributed by atoms with Crippen LogP contribution in [0.5, 0.6) is 11.5 Å². The molecule has 0 saturated heterocycles. The van der Waals surface area contributed by atoms with Crippen LogP contribution in [-0.2, 0) is 27.2 Å². The molecule has 2 bridgehead atoms. The summed E-state index contributed by atoms with van der Waals surface area (Å²) >= 11 is 0. The lowest BCUT2D eigenvalue weighted by molar-refractivity contribution is -0.124. The van der Waals surface area contributed by atoms with Crippen molar-refractivity contribution in [1.29, 1.82) is 0 Å². The molecule has 0 aliphatic carbocycles. The second kappa shape index (κ2) is 15.6. The molecular formula is C38H44N4O4S2. The number of fused-ring (bicyclic) bond motifs is 2. The van der Waals surface area contributed by atoms with Crippen LogP contribution in [0.25, 0.3) is 6.08 Å². The quantitative estimate of drug-likeness (QED) is 0.187. The fraction of sp³-hybridized carbons (Fsp3) is 0.395. The SMILES string of the molecule is CCC1CCC(=O)CC(=O)C=Cc2cc(OC)c(O)cc2Cc2cnc3c(c2)C(CN2C=CNC2)(SSC1)C(Cc1ccccc1)CN3. The zero-order chi connectivity index (χ0) is 33.5. The highest BCUT2D eigenvalue weighted by Crippen LogP contribution is 2.55. The Morgan fingerprint density at radius 2 is 1.98 bits per heavy atom. The van der Waals surface area contributed by atoms with Gasteiger partial charge in [-0.05, 0) is 71.7 Å². The van der Waals surface area contributed by atoms with Gasteiger partial charge in [-0.2, -0.15) is 0 Å². The standard InChI is InChI=1S/C38H44N4O4S2/c1-3-26-9-11-32(43)20-33(44)12-10-29-19-36(46-2)35(45)18-30(29)15-28-17-34-37(40-21-28)41-22-31(16-27-7-5-4-6-8-27)38(34,48-47-23-26)24-42-14-13-39-25-42/h4-8,10,12-14,17-19,21,26,31,39,45H,3,9,11,15-16,20,22-25H2,1-2H3,(H,40,41). The number of carbonyl (C=O) groups excluding carboxylic acids is 2. The molecule has 0 spiro atoms. The van der Waals surface area contributed by atoms with Gasteiger partial charge in [0.25, 0.3) is 0 Å². The molecule has 0 radical (unpaired) electrons. The number of hydrogen-bond donors (Lipinski definition) is 3.